The Bertz CT molecular complexity index is 875. The summed E-state index contributed by atoms with van der Waals surface area (Å²) in [6, 6.07) is -0.539. The Morgan fingerprint density at radius 2 is 2.08 bits per heavy atom. The van der Waals surface area contributed by atoms with E-state index in [1.807, 2.05) is 13.8 Å². The Kier molecular flexibility index (Phi) is 7.18. The van der Waals surface area contributed by atoms with E-state index in [1.165, 1.54) is 15.9 Å². The van der Waals surface area contributed by atoms with Gasteiger partial charge in [-0.1, -0.05) is 11.8 Å². The van der Waals surface area contributed by atoms with Crippen molar-refractivity contribution in [2.75, 3.05) is 26.0 Å². The number of aryl methyl sites for hydroxylation is 2. The van der Waals surface area contributed by atoms with E-state index in [-0.39, 0.29) is 11.3 Å². The molecule has 26 heavy (non-hydrogen) atoms. The highest BCUT2D eigenvalue weighted by molar-refractivity contribution is 7.99. The molecule has 0 aliphatic rings. The lowest BCUT2D eigenvalue weighted by Crippen LogP contribution is -2.40. The topological polar surface area (TPSA) is 102 Å². The van der Waals surface area contributed by atoms with Gasteiger partial charge in [-0.2, -0.15) is 0 Å². The number of nitrogens with one attached hydrogen (secondary N) is 2. The van der Waals surface area contributed by atoms with Crippen molar-refractivity contribution >= 4 is 45.3 Å². The summed E-state index contributed by atoms with van der Waals surface area (Å²) in [6.07, 6.45) is 0. The predicted molar refractivity (Wildman–Crippen MR) is 103 cm³/mol. The van der Waals surface area contributed by atoms with Crippen LogP contribution in [-0.2, 0) is 16.1 Å². The molecule has 0 fully saturated rings. The number of ether oxygens (including phenoxy) is 1. The van der Waals surface area contributed by atoms with Crippen LogP contribution in [0.15, 0.2) is 9.95 Å². The number of thioether (sulfide) groups is 1. The number of nitrogens with zero attached hydrogens (tertiary/aromatic N) is 2. The first kappa shape index (κ1) is 20.4. The normalized spacial score (nSPS) is 10.9. The van der Waals surface area contributed by atoms with Gasteiger partial charge in [0.25, 0.3) is 5.56 Å². The van der Waals surface area contributed by atoms with Crippen molar-refractivity contribution < 1.29 is 14.3 Å². The summed E-state index contributed by atoms with van der Waals surface area (Å²) in [5.41, 5.74) is 0.791. The molecule has 0 bridgehead atoms. The standard InChI is InChI=1S/C16H22N4O4S2/c1-5-17-15(23)18-11(21)8-25-16-19-13-12(9(2)10(3)26-13)14(22)20(16)6-7-24-4/h5-8H2,1-4H3,(H2,17,18,21,23). The van der Waals surface area contributed by atoms with Crippen LogP contribution in [0.3, 0.4) is 0 Å². The van der Waals surface area contributed by atoms with Crippen LogP contribution < -0.4 is 16.2 Å². The largest absolute Gasteiger partial charge is 0.383 e. The number of carbonyl (C=O) groups is 2. The van der Waals surface area contributed by atoms with Gasteiger partial charge in [0.05, 0.1) is 24.3 Å². The van der Waals surface area contributed by atoms with E-state index in [4.69, 9.17) is 4.74 Å². The zero-order valence-electron chi connectivity index (χ0n) is 15.2. The van der Waals surface area contributed by atoms with Crippen molar-refractivity contribution in [2.45, 2.75) is 32.5 Å². The van der Waals surface area contributed by atoms with Crippen molar-refractivity contribution in [1.29, 1.82) is 0 Å². The molecule has 0 unspecified atom stereocenters. The molecule has 10 heteroatoms. The van der Waals surface area contributed by atoms with E-state index in [9.17, 15) is 14.4 Å². The second-order valence-electron chi connectivity index (χ2n) is 5.50. The molecule has 0 radical (unpaired) electrons. The number of urea groups is 1. The van der Waals surface area contributed by atoms with Gasteiger partial charge in [-0.3, -0.25) is 19.5 Å². The third-order valence-electron chi connectivity index (χ3n) is 3.70. The van der Waals surface area contributed by atoms with Gasteiger partial charge in [0, 0.05) is 18.5 Å². The summed E-state index contributed by atoms with van der Waals surface area (Å²) in [5.74, 6) is -0.474. The van der Waals surface area contributed by atoms with E-state index in [0.29, 0.717) is 35.1 Å². The first-order valence-corrected chi connectivity index (χ1v) is 9.89. The minimum Gasteiger partial charge on any atom is -0.383 e. The Morgan fingerprint density at radius 3 is 2.73 bits per heavy atom. The van der Waals surface area contributed by atoms with Crippen molar-refractivity contribution in [1.82, 2.24) is 20.2 Å². The van der Waals surface area contributed by atoms with E-state index >= 15 is 0 Å². The lowest BCUT2D eigenvalue weighted by atomic mass is 10.2. The van der Waals surface area contributed by atoms with Crippen molar-refractivity contribution in [3.63, 3.8) is 0 Å². The lowest BCUT2D eigenvalue weighted by molar-refractivity contribution is -0.117. The Balaban J connectivity index is 2.28. The minimum atomic E-state index is -0.539. The van der Waals surface area contributed by atoms with E-state index < -0.39 is 11.9 Å². The summed E-state index contributed by atoms with van der Waals surface area (Å²) < 4.78 is 6.60. The number of thiophene rings is 1. The maximum absolute atomic E-state index is 12.9. The summed E-state index contributed by atoms with van der Waals surface area (Å²) in [5, 5.41) is 5.77. The third-order valence-corrected chi connectivity index (χ3v) is 5.77. The predicted octanol–water partition coefficient (Wildman–Crippen LogP) is 1.66. The highest BCUT2D eigenvalue weighted by Gasteiger charge is 2.18. The third kappa shape index (κ3) is 4.63. The van der Waals surface area contributed by atoms with Crippen LogP contribution in [0.25, 0.3) is 10.2 Å². The van der Waals surface area contributed by atoms with Gasteiger partial charge in [0.1, 0.15) is 4.83 Å². The summed E-state index contributed by atoms with van der Waals surface area (Å²) >= 11 is 2.58. The lowest BCUT2D eigenvalue weighted by Gasteiger charge is -2.11. The average Bonchev–Trinajstić information content (AvgIpc) is 2.87. The number of methoxy groups -OCH3 is 1. The number of amides is 3. The van der Waals surface area contributed by atoms with E-state index in [1.54, 1.807) is 14.0 Å². The van der Waals surface area contributed by atoms with Gasteiger partial charge in [-0.05, 0) is 26.3 Å². The molecule has 2 N–H and O–H groups in total. The van der Waals surface area contributed by atoms with Crippen molar-refractivity contribution in [2.24, 2.45) is 0 Å². The average molecular weight is 399 g/mol. The van der Waals surface area contributed by atoms with Crippen LogP contribution in [0.5, 0.6) is 0 Å². The molecule has 0 saturated heterocycles. The van der Waals surface area contributed by atoms with Gasteiger partial charge in [-0.25, -0.2) is 9.78 Å². The van der Waals surface area contributed by atoms with Crippen LogP contribution in [0.2, 0.25) is 0 Å². The Hall–Kier alpha value is -1.91. The first-order chi connectivity index (χ1) is 12.4. The fourth-order valence-corrected chi connectivity index (χ4v) is 4.19. The number of hydrogen-bond acceptors (Lipinski definition) is 7. The Labute approximate surface area is 159 Å². The van der Waals surface area contributed by atoms with Crippen LogP contribution in [0.4, 0.5) is 4.79 Å². The van der Waals surface area contributed by atoms with E-state index in [0.717, 1.165) is 22.2 Å². The van der Waals surface area contributed by atoms with Crippen LogP contribution in [0, 0.1) is 13.8 Å². The maximum atomic E-state index is 12.9. The monoisotopic (exact) mass is 398 g/mol. The van der Waals surface area contributed by atoms with Gasteiger partial charge >= 0.3 is 6.03 Å². The molecule has 0 aliphatic carbocycles. The molecule has 2 aromatic rings. The molecule has 0 aromatic carbocycles. The van der Waals surface area contributed by atoms with Gasteiger partial charge in [0.2, 0.25) is 5.91 Å². The number of aromatic nitrogens is 2. The number of hydrogen-bond donors (Lipinski definition) is 2. The molecule has 3 amide bonds. The number of carbonyl (C=O) groups excluding carboxylic acids is 2. The fourth-order valence-electron chi connectivity index (χ4n) is 2.30. The molecule has 2 rings (SSSR count). The zero-order chi connectivity index (χ0) is 19.3. The van der Waals surface area contributed by atoms with Crippen molar-refractivity contribution in [3.8, 4) is 0 Å². The van der Waals surface area contributed by atoms with Crippen molar-refractivity contribution in [3.05, 3.63) is 20.8 Å². The zero-order valence-corrected chi connectivity index (χ0v) is 16.8. The summed E-state index contributed by atoms with van der Waals surface area (Å²) in [7, 11) is 1.56. The second-order valence-corrected chi connectivity index (χ2v) is 7.65. The minimum absolute atomic E-state index is 0.0224. The molecule has 0 atom stereocenters. The van der Waals surface area contributed by atoms with Gasteiger partial charge in [-0.15, -0.1) is 11.3 Å². The summed E-state index contributed by atoms with van der Waals surface area (Å²) in [4.78, 5) is 42.5. The smallest absolute Gasteiger partial charge is 0.321 e. The maximum Gasteiger partial charge on any atom is 0.321 e. The number of fused-ring (bicyclic) bond motifs is 1. The van der Waals surface area contributed by atoms with E-state index in [2.05, 4.69) is 15.6 Å². The molecule has 142 valence electrons. The van der Waals surface area contributed by atoms with Gasteiger partial charge in [0.15, 0.2) is 5.16 Å². The summed E-state index contributed by atoms with van der Waals surface area (Å²) in [6.45, 7) is 6.74. The molecular formula is C16H22N4O4S2. The SMILES string of the molecule is CCNC(=O)NC(=O)CSc1nc2sc(C)c(C)c2c(=O)n1CCOC. The quantitative estimate of drug-likeness (QED) is 0.543. The highest BCUT2D eigenvalue weighted by atomic mass is 32.2. The Morgan fingerprint density at radius 1 is 1.35 bits per heavy atom. The molecule has 8 nitrogen and oxygen atoms in total. The first-order valence-electron chi connectivity index (χ1n) is 8.09. The molecule has 0 aliphatic heterocycles. The molecule has 2 aromatic heterocycles. The second kappa shape index (κ2) is 9.15. The molecule has 0 saturated carbocycles. The number of rotatable bonds is 7. The molecule has 0 spiro atoms. The van der Waals surface area contributed by atoms with Crippen LogP contribution >= 0.6 is 23.1 Å². The fraction of sp³-hybridized carbons (Fsp3) is 0.500. The van der Waals surface area contributed by atoms with Crippen LogP contribution in [0.1, 0.15) is 17.4 Å². The highest BCUT2D eigenvalue weighted by Crippen LogP contribution is 2.28. The molecular weight excluding hydrogens is 376 g/mol. The van der Waals surface area contributed by atoms with Crippen LogP contribution in [-0.4, -0.2) is 47.5 Å². The molecule has 2 heterocycles. The van der Waals surface area contributed by atoms with Gasteiger partial charge < -0.3 is 10.1 Å². The number of imide groups is 1.